The first-order chi connectivity index (χ1) is 8.74. The Balaban J connectivity index is 2.10. The number of aromatic nitrogens is 1. The number of likely N-dealkylation sites (tertiary alicyclic amines) is 1. The van der Waals surface area contributed by atoms with Gasteiger partial charge < -0.3 is 15.4 Å². The summed E-state index contributed by atoms with van der Waals surface area (Å²) in [4.78, 5) is 18.5. The van der Waals surface area contributed by atoms with Crippen molar-refractivity contribution in [3.05, 3.63) is 16.6 Å². The van der Waals surface area contributed by atoms with Gasteiger partial charge in [0.25, 0.3) is 0 Å². The summed E-state index contributed by atoms with van der Waals surface area (Å²) in [6.45, 7) is 1.03. The minimum atomic E-state index is -0.574. The first-order valence-electron chi connectivity index (χ1n) is 6.18. The Bertz CT molecular complexity index is 383. The maximum absolute atomic E-state index is 12.3. The second kappa shape index (κ2) is 6.26. The molecule has 0 saturated carbocycles. The number of amides is 1. The first-order valence-corrected chi connectivity index (χ1v) is 7.06. The van der Waals surface area contributed by atoms with Gasteiger partial charge in [0.1, 0.15) is 11.0 Å². The zero-order valence-electron chi connectivity index (χ0n) is 10.5. The number of rotatable bonds is 4. The number of thiazole rings is 1. The van der Waals surface area contributed by atoms with Crippen molar-refractivity contribution in [3.63, 3.8) is 0 Å². The maximum atomic E-state index is 12.3. The van der Waals surface area contributed by atoms with Crippen molar-refractivity contribution < 1.29 is 9.53 Å². The zero-order chi connectivity index (χ0) is 13.0. The van der Waals surface area contributed by atoms with E-state index in [0.29, 0.717) is 0 Å². The maximum Gasteiger partial charge on any atom is 0.242 e. The molecule has 1 aromatic rings. The lowest BCUT2D eigenvalue weighted by Crippen LogP contribution is -2.49. The van der Waals surface area contributed by atoms with Crippen LogP contribution in [0.1, 0.15) is 30.3 Å². The molecular formula is C12H19N3O2S. The van der Waals surface area contributed by atoms with Crippen molar-refractivity contribution in [1.29, 1.82) is 0 Å². The zero-order valence-corrected chi connectivity index (χ0v) is 11.4. The molecule has 1 aliphatic heterocycles. The highest BCUT2D eigenvalue weighted by molar-refractivity contribution is 7.09. The molecule has 1 amide bonds. The molecule has 1 saturated heterocycles. The van der Waals surface area contributed by atoms with Crippen LogP contribution in [0.25, 0.3) is 0 Å². The van der Waals surface area contributed by atoms with Gasteiger partial charge in [-0.2, -0.15) is 0 Å². The van der Waals surface area contributed by atoms with Crippen LogP contribution >= 0.6 is 11.3 Å². The molecule has 2 N–H and O–H groups in total. The molecule has 0 aromatic carbocycles. The molecule has 0 bridgehead atoms. The molecule has 2 unspecified atom stereocenters. The number of carbonyl (C=O) groups excluding carboxylic acids is 1. The van der Waals surface area contributed by atoms with Crippen molar-refractivity contribution in [3.8, 4) is 0 Å². The number of hydrogen-bond donors (Lipinski definition) is 1. The second-order valence-corrected chi connectivity index (χ2v) is 5.40. The molecule has 1 aromatic heterocycles. The standard InChI is InChI=1S/C12H19N3O2S/c1-17-8-9(13)12(16)15-6-3-2-4-10(15)11-14-5-7-18-11/h5,7,9-10H,2-4,6,8,13H2,1H3. The molecular weight excluding hydrogens is 250 g/mol. The van der Waals surface area contributed by atoms with Crippen LogP contribution in [-0.2, 0) is 9.53 Å². The Hall–Kier alpha value is -0.980. The van der Waals surface area contributed by atoms with E-state index in [1.165, 1.54) is 0 Å². The van der Waals surface area contributed by atoms with Crippen molar-refractivity contribution in [2.24, 2.45) is 5.73 Å². The fourth-order valence-corrected chi connectivity index (χ4v) is 3.10. The van der Waals surface area contributed by atoms with E-state index in [4.69, 9.17) is 10.5 Å². The lowest BCUT2D eigenvalue weighted by molar-refractivity contribution is -0.137. The fraction of sp³-hybridized carbons (Fsp3) is 0.667. The first kappa shape index (κ1) is 13.5. The Kier molecular flexibility index (Phi) is 4.68. The Labute approximate surface area is 111 Å². The molecule has 6 heteroatoms. The summed E-state index contributed by atoms with van der Waals surface area (Å²) in [5, 5.41) is 2.95. The summed E-state index contributed by atoms with van der Waals surface area (Å²) >= 11 is 1.60. The van der Waals surface area contributed by atoms with Crippen LogP contribution < -0.4 is 5.73 Å². The third kappa shape index (κ3) is 2.88. The average molecular weight is 269 g/mol. The van der Waals surface area contributed by atoms with E-state index in [0.717, 1.165) is 30.8 Å². The molecule has 2 atom stereocenters. The van der Waals surface area contributed by atoms with E-state index in [2.05, 4.69) is 4.98 Å². The molecule has 5 nitrogen and oxygen atoms in total. The summed E-state index contributed by atoms with van der Waals surface area (Å²) in [5.41, 5.74) is 5.84. The molecule has 0 radical (unpaired) electrons. The predicted octanol–water partition coefficient (Wildman–Crippen LogP) is 1.17. The van der Waals surface area contributed by atoms with E-state index in [1.807, 2.05) is 10.3 Å². The quantitative estimate of drug-likeness (QED) is 0.891. The third-order valence-electron chi connectivity index (χ3n) is 3.19. The number of piperidine rings is 1. The van der Waals surface area contributed by atoms with Crippen molar-refractivity contribution in [2.75, 3.05) is 20.3 Å². The van der Waals surface area contributed by atoms with Gasteiger partial charge >= 0.3 is 0 Å². The van der Waals surface area contributed by atoms with Gasteiger partial charge in [-0.05, 0) is 19.3 Å². The average Bonchev–Trinajstić information content (AvgIpc) is 2.92. The Morgan fingerprint density at radius 3 is 3.22 bits per heavy atom. The van der Waals surface area contributed by atoms with Crippen LogP contribution in [0.3, 0.4) is 0 Å². The fourth-order valence-electron chi connectivity index (χ4n) is 2.31. The van der Waals surface area contributed by atoms with Gasteiger partial charge in [-0.1, -0.05) is 0 Å². The molecule has 0 aliphatic carbocycles. The lowest BCUT2D eigenvalue weighted by atomic mass is 10.0. The summed E-state index contributed by atoms with van der Waals surface area (Å²) in [5.74, 6) is -0.0308. The number of methoxy groups -OCH3 is 1. The smallest absolute Gasteiger partial charge is 0.242 e. The topological polar surface area (TPSA) is 68.5 Å². The number of ether oxygens (including phenoxy) is 1. The molecule has 1 fully saturated rings. The molecule has 2 heterocycles. The predicted molar refractivity (Wildman–Crippen MR) is 70.3 cm³/mol. The summed E-state index contributed by atoms with van der Waals surface area (Å²) in [6, 6.07) is -0.482. The minimum absolute atomic E-state index is 0.0308. The van der Waals surface area contributed by atoms with Crippen molar-refractivity contribution in [1.82, 2.24) is 9.88 Å². The van der Waals surface area contributed by atoms with E-state index in [9.17, 15) is 4.79 Å². The summed E-state index contributed by atoms with van der Waals surface area (Å²) in [6.07, 6.45) is 4.92. The highest BCUT2D eigenvalue weighted by Crippen LogP contribution is 2.32. The van der Waals surface area contributed by atoms with Crippen LogP contribution in [-0.4, -0.2) is 42.1 Å². The number of hydrogen-bond acceptors (Lipinski definition) is 5. The largest absolute Gasteiger partial charge is 0.383 e. The van der Waals surface area contributed by atoms with Gasteiger partial charge in [0.2, 0.25) is 5.91 Å². The van der Waals surface area contributed by atoms with Crippen LogP contribution in [0.2, 0.25) is 0 Å². The highest BCUT2D eigenvalue weighted by Gasteiger charge is 2.32. The number of carbonyl (C=O) groups is 1. The van der Waals surface area contributed by atoms with E-state index in [-0.39, 0.29) is 18.6 Å². The molecule has 100 valence electrons. The molecule has 1 aliphatic rings. The molecule has 2 rings (SSSR count). The minimum Gasteiger partial charge on any atom is -0.383 e. The van der Waals surface area contributed by atoms with Crippen LogP contribution in [0.5, 0.6) is 0 Å². The molecule has 18 heavy (non-hydrogen) atoms. The van der Waals surface area contributed by atoms with Gasteiger partial charge in [-0.3, -0.25) is 4.79 Å². The van der Waals surface area contributed by atoms with Gasteiger partial charge in [0.05, 0.1) is 12.6 Å². The van der Waals surface area contributed by atoms with Crippen molar-refractivity contribution in [2.45, 2.75) is 31.3 Å². The van der Waals surface area contributed by atoms with E-state index in [1.54, 1.807) is 24.6 Å². The van der Waals surface area contributed by atoms with E-state index < -0.39 is 6.04 Å². The van der Waals surface area contributed by atoms with Crippen LogP contribution in [0, 0.1) is 0 Å². The molecule has 0 spiro atoms. The second-order valence-electron chi connectivity index (χ2n) is 4.48. The number of nitrogens with zero attached hydrogens (tertiary/aromatic N) is 2. The Morgan fingerprint density at radius 2 is 2.56 bits per heavy atom. The van der Waals surface area contributed by atoms with Crippen molar-refractivity contribution >= 4 is 17.2 Å². The lowest BCUT2D eigenvalue weighted by Gasteiger charge is -2.36. The van der Waals surface area contributed by atoms with Gasteiger partial charge in [-0.25, -0.2) is 4.98 Å². The van der Waals surface area contributed by atoms with Crippen LogP contribution in [0.4, 0.5) is 0 Å². The SMILES string of the molecule is COCC(N)C(=O)N1CCCCC1c1nccs1. The monoisotopic (exact) mass is 269 g/mol. The van der Waals surface area contributed by atoms with Gasteiger partial charge in [-0.15, -0.1) is 11.3 Å². The summed E-state index contributed by atoms with van der Waals surface area (Å²) < 4.78 is 4.96. The van der Waals surface area contributed by atoms with Gasteiger partial charge in [0.15, 0.2) is 0 Å². The Morgan fingerprint density at radius 1 is 1.72 bits per heavy atom. The third-order valence-corrected chi connectivity index (χ3v) is 4.06. The summed E-state index contributed by atoms with van der Waals surface area (Å²) in [7, 11) is 1.56. The van der Waals surface area contributed by atoms with Gasteiger partial charge in [0, 0.05) is 25.2 Å². The van der Waals surface area contributed by atoms with E-state index >= 15 is 0 Å². The highest BCUT2D eigenvalue weighted by atomic mass is 32.1. The van der Waals surface area contributed by atoms with Crippen LogP contribution in [0.15, 0.2) is 11.6 Å². The normalized spacial score (nSPS) is 21.9. The number of nitrogens with two attached hydrogens (primary N) is 1.